The predicted molar refractivity (Wildman–Crippen MR) is 87.4 cm³/mol. The smallest absolute Gasteiger partial charge is 0.236 e. The van der Waals surface area contributed by atoms with Crippen molar-refractivity contribution in [3.05, 3.63) is 0 Å². The van der Waals surface area contributed by atoms with Crippen molar-refractivity contribution in [3.63, 3.8) is 0 Å². The number of carbonyl (C=O) groups is 1. The van der Waals surface area contributed by atoms with Crippen LogP contribution in [0, 0.1) is 11.3 Å². The first-order valence-electron chi connectivity index (χ1n) is 8.20. The van der Waals surface area contributed by atoms with E-state index >= 15 is 0 Å². The molecule has 0 aromatic carbocycles. The van der Waals surface area contributed by atoms with Gasteiger partial charge in [-0.2, -0.15) is 0 Å². The van der Waals surface area contributed by atoms with Crippen LogP contribution in [0.3, 0.4) is 0 Å². The Bertz CT molecular complexity index is 336. The summed E-state index contributed by atoms with van der Waals surface area (Å²) >= 11 is 0. The van der Waals surface area contributed by atoms with Crippen LogP contribution in [-0.2, 0) is 4.79 Å². The van der Waals surface area contributed by atoms with E-state index in [2.05, 4.69) is 19.0 Å². The molecule has 0 bridgehead atoms. The van der Waals surface area contributed by atoms with Crippen molar-refractivity contribution in [2.24, 2.45) is 22.2 Å². The minimum atomic E-state index is -0.859. The van der Waals surface area contributed by atoms with Gasteiger partial charge in [0, 0.05) is 13.1 Å². The molecular weight excluding hydrogens is 266 g/mol. The van der Waals surface area contributed by atoms with E-state index in [1.807, 2.05) is 25.7 Å². The first-order valence-corrected chi connectivity index (χ1v) is 8.20. The van der Waals surface area contributed by atoms with Crippen molar-refractivity contribution >= 4 is 11.7 Å². The summed E-state index contributed by atoms with van der Waals surface area (Å²) in [4.78, 5) is 14.9. The van der Waals surface area contributed by atoms with Crippen molar-refractivity contribution in [2.75, 3.05) is 13.1 Å². The molecule has 0 radical (unpaired) electrons. The van der Waals surface area contributed by atoms with Gasteiger partial charge in [0.15, 0.2) is 5.84 Å². The fraction of sp³-hybridized carbons (Fsp3) is 0.875. The van der Waals surface area contributed by atoms with Crippen molar-refractivity contribution in [1.29, 1.82) is 0 Å². The highest BCUT2D eigenvalue weighted by Gasteiger charge is 2.43. The fourth-order valence-electron chi connectivity index (χ4n) is 2.82. The van der Waals surface area contributed by atoms with E-state index in [9.17, 15) is 4.79 Å². The predicted octanol–water partition coefficient (Wildman–Crippen LogP) is 3.21. The van der Waals surface area contributed by atoms with Crippen LogP contribution in [0.4, 0.5) is 0 Å². The molecule has 124 valence electrons. The van der Waals surface area contributed by atoms with Gasteiger partial charge in [-0.3, -0.25) is 4.79 Å². The fourth-order valence-corrected chi connectivity index (χ4v) is 2.82. The van der Waals surface area contributed by atoms with Gasteiger partial charge in [-0.25, -0.2) is 0 Å². The van der Waals surface area contributed by atoms with Gasteiger partial charge in [0.2, 0.25) is 5.91 Å². The first-order chi connectivity index (χ1) is 9.93. The number of nitrogens with two attached hydrogens (primary N) is 1. The molecule has 0 saturated heterocycles. The molecule has 0 rings (SSSR count). The number of carbonyl (C=O) groups excluding carboxylic acids is 1. The van der Waals surface area contributed by atoms with Gasteiger partial charge < -0.3 is 15.8 Å². The molecule has 5 nitrogen and oxygen atoms in total. The number of nitrogens with zero attached hydrogens (tertiary/aromatic N) is 2. The largest absolute Gasteiger partial charge is 0.409 e. The van der Waals surface area contributed by atoms with E-state index < -0.39 is 5.41 Å². The Morgan fingerprint density at radius 3 is 2.10 bits per heavy atom. The van der Waals surface area contributed by atoms with Crippen LogP contribution in [0.5, 0.6) is 0 Å². The molecule has 0 aromatic rings. The monoisotopic (exact) mass is 299 g/mol. The topological polar surface area (TPSA) is 78.9 Å². The zero-order valence-corrected chi connectivity index (χ0v) is 14.4. The minimum Gasteiger partial charge on any atom is -0.409 e. The molecule has 0 aliphatic rings. The maximum atomic E-state index is 13.1. The van der Waals surface area contributed by atoms with E-state index in [-0.39, 0.29) is 11.7 Å². The molecule has 0 heterocycles. The number of oxime groups is 1. The van der Waals surface area contributed by atoms with Crippen LogP contribution in [0.15, 0.2) is 5.16 Å². The third kappa shape index (κ3) is 4.90. The van der Waals surface area contributed by atoms with Gasteiger partial charge in [0.1, 0.15) is 5.41 Å². The van der Waals surface area contributed by atoms with Crippen molar-refractivity contribution < 1.29 is 10.0 Å². The van der Waals surface area contributed by atoms with E-state index in [1.165, 1.54) is 0 Å². The Kier molecular flexibility index (Phi) is 9.06. The number of rotatable bonds is 10. The Balaban J connectivity index is 5.51. The average molecular weight is 299 g/mol. The quantitative estimate of drug-likeness (QED) is 0.281. The number of hydrogen-bond acceptors (Lipinski definition) is 3. The van der Waals surface area contributed by atoms with Gasteiger partial charge >= 0.3 is 0 Å². The highest BCUT2D eigenvalue weighted by Crippen LogP contribution is 2.33. The summed E-state index contributed by atoms with van der Waals surface area (Å²) in [5.41, 5.74) is 5.07. The molecule has 0 aliphatic heterocycles. The number of amides is 1. The lowest BCUT2D eigenvalue weighted by molar-refractivity contribution is -0.139. The maximum absolute atomic E-state index is 13.1. The molecule has 1 unspecified atom stereocenters. The van der Waals surface area contributed by atoms with Crippen LogP contribution in [0.2, 0.25) is 0 Å². The Hall–Kier alpha value is -1.26. The lowest BCUT2D eigenvalue weighted by Gasteiger charge is -2.37. The second-order valence-corrected chi connectivity index (χ2v) is 5.92. The van der Waals surface area contributed by atoms with Gasteiger partial charge in [-0.1, -0.05) is 52.1 Å². The van der Waals surface area contributed by atoms with Crippen LogP contribution < -0.4 is 5.73 Å². The Labute approximate surface area is 129 Å². The summed E-state index contributed by atoms with van der Waals surface area (Å²) in [5.74, 6) is 0.505. The highest BCUT2D eigenvalue weighted by molar-refractivity contribution is 6.06. The Morgan fingerprint density at radius 1 is 1.24 bits per heavy atom. The van der Waals surface area contributed by atoms with Crippen LogP contribution in [0.1, 0.15) is 66.7 Å². The highest BCUT2D eigenvalue weighted by atomic mass is 16.4. The van der Waals surface area contributed by atoms with Gasteiger partial charge in [0.05, 0.1) is 0 Å². The summed E-state index contributed by atoms with van der Waals surface area (Å²) in [6.45, 7) is 11.7. The number of hydrogen-bond donors (Lipinski definition) is 2. The second kappa shape index (κ2) is 9.64. The SMILES string of the molecule is CCCC(CCC)(C(=O)N(CC)CC(C)CC)C(N)=NO. The molecule has 0 aromatic heterocycles. The third-order valence-electron chi connectivity index (χ3n) is 4.26. The summed E-state index contributed by atoms with van der Waals surface area (Å²) in [6, 6.07) is 0. The molecule has 21 heavy (non-hydrogen) atoms. The average Bonchev–Trinajstić information content (AvgIpc) is 2.50. The Morgan fingerprint density at radius 2 is 1.76 bits per heavy atom. The molecule has 3 N–H and O–H groups in total. The van der Waals surface area contributed by atoms with Crippen molar-refractivity contribution in [2.45, 2.75) is 66.7 Å². The lowest BCUT2D eigenvalue weighted by atomic mass is 9.76. The van der Waals surface area contributed by atoms with Crippen LogP contribution in [0.25, 0.3) is 0 Å². The summed E-state index contributed by atoms with van der Waals surface area (Å²) in [6.07, 6.45) is 3.91. The van der Waals surface area contributed by atoms with Crippen molar-refractivity contribution in [1.82, 2.24) is 4.90 Å². The first kappa shape index (κ1) is 19.7. The summed E-state index contributed by atoms with van der Waals surface area (Å²) < 4.78 is 0. The minimum absolute atomic E-state index is 0.00398. The van der Waals surface area contributed by atoms with E-state index in [0.29, 0.717) is 25.3 Å². The normalized spacial score (nSPS) is 14.0. The zero-order chi connectivity index (χ0) is 16.5. The van der Waals surface area contributed by atoms with E-state index in [4.69, 9.17) is 10.9 Å². The summed E-state index contributed by atoms with van der Waals surface area (Å²) in [5, 5.41) is 12.3. The molecule has 1 amide bonds. The van der Waals surface area contributed by atoms with Crippen LogP contribution in [-0.4, -0.2) is 34.9 Å². The summed E-state index contributed by atoms with van der Waals surface area (Å²) in [7, 11) is 0. The van der Waals surface area contributed by atoms with E-state index in [0.717, 1.165) is 25.8 Å². The molecule has 0 aliphatic carbocycles. The standard InChI is InChI=1S/C16H33N3O2/c1-6-10-16(11-7-2,14(17)18-21)15(20)19(9-4)12-13(5)8-3/h13,21H,6-12H2,1-5H3,(H2,17,18). The van der Waals surface area contributed by atoms with Gasteiger partial charge in [0.25, 0.3) is 0 Å². The second-order valence-electron chi connectivity index (χ2n) is 5.92. The van der Waals surface area contributed by atoms with Gasteiger partial charge in [-0.05, 0) is 25.7 Å². The maximum Gasteiger partial charge on any atom is 0.236 e. The van der Waals surface area contributed by atoms with Crippen LogP contribution >= 0.6 is 0 Å². The zero-order valence-electron chi connectivity index (χ0n) is 14.4. The molecular formula is C16H33N3O2. The number of amidine groups is 1. The molecule has 5 heteroatoms. The van der Waals surface area contributed by atoms with Crippen molar-refractivity contribution in [3.8, 4) is 0 Å². The molecule has 0 spiro atoms. The molecule has 0 saturated carbocycles. The third-order valence-corrected chi connectivity index (χ3v) is 4.26. The molecule has 0 fully saturated rings. The lowest BCUT2D eigenvalue weighted by Crippen LogP contribution is -2.52. The van der Waals surface area contributed by atoms with E-state index in [1.54, 1.807) is 0 Å². The van der Waals surface area contributed by atoms with Gasteiger partial charge in [-0.15, -0.1) is 0 Å². The molecule has 1 atom stereocenters.